The Morgan fingerprint density at radius 1 is 0.786 bits per heavy atom. The summed E-state index contributed by atoms with van der Waals surface area (Å²) in [6, 6.07) is 16.4. The molecule has 0 heterocycles. The maximum atomic E-state index is 12.5. The number of hydrogen-bond donors (Lipinski definition) is 0. The molecule has 2 aliphatic carbocycles. The summed E-state index contributed by atoms with van der Waals surface area (Å²) in [5.74, 6) is -0.272. The predicted octanol–water partition coefficient (Wildman–Crippen LogP) is 6.38. The van der Waals surface area contributed by atoms with Gasteiger partial charge in [0.25, 0.3) is 0 Å². The minimum Gasteiger partial charge on any atom is -0.459 e. The van der Waals surface area contributed by atoms with Crippen LogP contribution in [0.5, 0.6) is 0 Å². The van der Waals surface area contributed by atoms with Crippen molar-refractivity contribution in [3.8, 4) is 0 Å². The number of benzene rings is 3. The second-order valence-corrected chi connectivity index (χ2v) is 7.50. The molecule has 0 radical (unpaired) electrons. The van der Waals surface area contributed by atoms with E-state index in [4.69, 9.17) is 4.74 Å². The molecule has 2 nitrogen and oxygen atoms in total. The molecule has 28 heavy (non-hydrogen) atoms. The summed E-state index contributed by atoms with van der Waals surface area (Å²) < 4.78 is 5.44. The molecule has 0 N–H and O–H groups in total. The van der Waals surface area contributed by atoms with Gasteiger partial charge in [-0.05, 0) is 75.9 Å². The normalized spacial score (nSPS) is 15.0. The van der Waals surface area contributed by atoms with Crippen LogP contribution in [0, 0.1) is 0 Å². The predicted molar refractivity (Wildman–Crippen MR) is 115 cm³/mol. The molecule has 3 aromatic carbocycles. The van der Waals surface area contributed by atoms with Crippen molar-refractivity contribution in [2.75, 3.05) is 0 Å². The van der Waals surface area contributed by atoms with Crippen LogP contribution in [0.1, 0.15) is 29.8 Å². The van der Waals surface area contributed by atoms with Crippen LogP contribution in [0.4, 0.5) is 0 Å². The first-order chi connectivity index (χ1) is 13.6. The van der Waals surface area contributed by atoms with Crippen molar-refractivity contribution < 1.29 is 9.53 Å². The lowest BCUT2D eigenvalue weighted by molar-refractivity contribution is 0.0380. The first-order valence-electron chi connectivity index (χ1n) is 9.60. The van der Waals surface area contributed by atoms with Gasteiger partial charge in [0.15, 0.2) is 0 Å². The number of carbonyl (C=O) groups excluding carboxylic acids is 1. The zero-order valence-corrected chi connectivity index (χ0v) is 15.9. The maximum Gasteiger partial charge on any atom is 0.339 e. The third-order valence-electron chi connectivity index (χ3n) is 5.30. The van der Waals surface area contributed by atoms with E-state index in [-0.39, 0.29) is 12.1 Å². The Labute approximate surface area is 164 Å². The van der Waals surface area contributed by atoms with Gasteiger partial charge in [0.1, 0.15) is 0 Å². The van der Waals surface area contributed by atoms with Crippen LogP contribution in [0.25, 0.3) is 27.1 Å². The van der Waals surface area contributed by atoms with Crippen LogP contribution in [0.2, 0.25) is 0 Å². The van der Waals surface area contributed by atoms with E-state index in [9.17, 15) is 4.79 Å². The summed E-state index contributed by atoms with van der Waals surface area (Å²) in [4.78, 5) is 12.5. The highest BCUT2D eigenvalue weighted by Gasteiger charge is 2.18. The molecule has 3 aromatic rings. The van der Waals surface area contributed by atoms with Crippen LogP contribution in [-0.4, -0.2) is 12.1 Å². The number of rotatable bonds is 3. The largest absolute Gasteiger partial charge is 0.459 e. The molecule has 136 valence electrons. The lowest BCUT2D eigenvalue weighted by Crippen LogP contribution is -2.11. The fourth-order valence-corrected chi connectivity index (χ4v) is 4.08. The zero-order valence-electron chi connectivity index (χ0n) is 15.9. The Bertz CT molecular complexity index is 1270. The average Bonchev–Trinajstić information content (AvgIpc) is 3.28. The molecule has 0 atom stereocenters. The van der Waals surface area contributed by atoms with Gasteiger partial charge in [-0.25, -0.2) is 4.79 Å². The molecule has 0 fully saturated rings. The van der Waals surface area contributed by atoms with Crippen LogP contribution >= 0.6 is 0 Å². The number of fused-ring (bicyclic) bond motifs is 4. The van der Waals surface area contributed by atoms with Gasteiger partial charge in [0.05, 0.1) is 11.7 Å². The molecule has 2 heteroatoms. The van der Waals surface area contributed by atoms with Crippen molar-refractivity contribution in [1.29, 1.82) is 0 Å². The van der Waals surface area contributed by atoms with E-state index >= 15 is 0 Å². The first kappa shape index (κ1) is 16.8. The van der Waals surface area contributed by atoms with Crippen molar-refractivity contribution in [3.05, 3.63) is 101 Å². The Hall–Kier alpha value is -3.39. The smallest absolute Gasteiger partial charge is 0.339 e. The van der Waals surface area contributed by atoms with Gasteiger partial charge < -0.3 is 4.74 Å². The highest BCUT2D eigenvalue weighted by Crippen LogP contribution is 2.38. The summed E-state index contributed by atoms with van der Waals surface area (Å²) in [7, 11) is 0. The van der Waals surface area contributed by atoms with Crippen molar-refractivity contribution >= 4 is 33.1 Å². The minimum atomic E-state index is -0.272. The van der Waals surface area contributed by atoms with Crippen molar-refractivity contribution in [2.24, 2.45) is 0 Å². The van der Waals surface area contributed by atoms with Gasteiger partial charge in [-0.3, -0.25) is 0 Å². The Balaban J connectivity index is 1.69. The monoisotopic (exact) mass is 364 g/mol. The molecule has 0 aromatic heterocycles. The van der Waals surface area contributed by atoms with Gasteiger partial charge in [-0.15, -0.1) is 0 Å². The number of allylic oxidation sites excluding steroid dienone is 8. The fourth-order valence-electron chi connectivity index (χ4n) is 4.08. The van der Waals surface area contributed by atoms with E-state index in [2.05, 4.69) is 60.7 Å². The third kappa shape index (κ3) is 2.61. The number of esters is 1. The Kier molecular flexibility index (Phi) is 3.80. The molecular weight excluding hydrogens is 344 g/mol. The van der Waals surface area contributed by atoms with Crippen LogP contribution in [-0.2, 0) is 4.74 Å². The molecule has 0 spiro atoms. The molecule has 2 aliphatic rings. The van der Waals surface area contributed by atoms with E-state index in [0.717, 1.165) is 16.2 Å². The van der Waals surface area contributed by atoms with Gasteiger partial charge in [-0.1, -0.05) is 60.7 Å². The second-order valence-electron chi connectivity index (χ2n) is 7.50. The summed E-state index contributed by atoms with van der Waals surface area (Å²) in [5.41, 5.74) is 5.60. The van der Waals surface area contributed by atoms with E-state index in [1.165, 1.54) is 27.7 Å². The van der Waals surface area contributed by atoms with E-state index in [0.29, 0.717) is 5.56 Å². The molecule has 0 amide bonds. The molecule has 0 bridgehead atoms. The van der Waals surface area contributed by atoms with Crippen molar-refractivity contribution in [1.82, 2.24) is 0 Å². The summed E-state index contributed by atoms with van der Waals surface area (Å²) >= 11 is 0. The molecular formula is C26H20O2. The lowest BCUT2D eigenvalue weighted by Gasteiger charge is -2.13. The van der Waals surface area contributed by atoms with Gasteiger partial charge in [0.2, 0.25) is 0 Å². The molecule has 0 unspecified atom stereocenters. The van der Waals surface area contributed by atoms with Crippen LogP contribution < -0.4 is 0 Å². The minimum absolute atomic E-state index is 0.139. The number of carbonyl (C=O) groups is 1. The van der Waals surface area contributed by atoms with E-state index in [1.807, 2.05) is 32.0 Å². The molecule has 5 rings (SSSR count). The average molecular weight is 364 g/mol. The quantitative estimate of drug-likeness (QED) is 0.398. The number of ether oxygens (including phenoxy) is 1. The maximum absolute atomic E-state index is 12.5. The highest BCUT2D eigenvalue weighted by molar-refractivity contribution is 6.16. The highest BCUT2D eigenvalue weighted by atomic mass is 16.5. The summed E-state index contributed by atoms with van der Waals surface area (Å²) in [6.45, 7) is 3.74. The van der Waals surface area contributed by atoms with Crippen molar-refractivity contribution in [3.63, 3.8) is 0 Å². The Morgan fingerprint density at radius 3 is 2.29 bits per heavy atom. The van der Waals surface area contributed by atoms with E-state index in [1.54, 1.807) is 0 Å². The van der Waals surface area contributed by atoms with Gasteiger partial charge in [0, 0.05) is 0 Å². The first-order valence-corrected chi connectivity index (χ1v) is 9.60. The molecule has 0 aliphatic heterocycles. The Morgan fingerprint density at radius 2 is 1.50 bits per heavy atom. The molecule has 0 saturated carbocycles. The standard InChI is InChI=1S/C26H20O2/c1-16(2)28-26(27)25-11-5-10-22-21-9-4-8-20(23(21)12-13-24(22)25)19-14-17-6-3-7-18(17)15-19/h3-16H,1-2H3. The van der Waals surface area contributed by atoms with Gasteiger partial charge >= 0.3 is 5.97 Å². The van der Waals surface area contributed by atoms with E-state index < -0.39 is 0 Å². The third-order valence-corrected chi connectivity index (χ3v) is 5.30. The van der Waals surface area contributed by atoms with Gasteiger partial charge in [-0.2, -0.15) is 0 Å². The fraction of sp³-hybridized carbons (Fsp3) is 0.115. The summed E-state index contributed by atoms with van der Waals surface area (Å²) in [5, 5.41) is 4.34. The number of hydrogen-bond acceptors (Lipinski definition) is 2. The summed E-state index contributed by atoms with van der Waals surface area (Å²) in [6.07, 6.45) is 10.7. The van der Waals surface area contributed by atoms with Crippen LogP contribution in [0.3, 0.4) is 0 Å². The lowest BCUT2D eigenvalue weighted by atomic mass is 9.93. The second kappa shape index (κ2) is 6.35. The topological polar surface area (TPSA) is 26.3 Å². The molecule has 0 saturated heterocycles. The van der Waals surface area contributed by atoms with Crippen molar-refractivity contribution in [2.45, 2.75) is 20.0 Å². The van der Waals surface area contributed by atoms with Crippen LogP contribution in [0.15, 0.2) is 90.1 Å². The zero-order chi connectivity index (χ0) is 19.3. The SMILES string of the molecule is CC(C)OC(=O)c1cccc2c1ccc1c(C3=CC4=CC=CC4=C3)cccc12.